The van der Waals surface area contributed by atoms with Crippen LogP contribution in [0.2, 0.25) is 0 Å². The predicted molar refractivity (Wildman–Crippen MR) is 128 cm³/mol. The summed E-state index contributed by atoms with van der Waals surface area (Å²) in [6.45, 7) is 6.20. The van der Waals surface area contributed by atoms with Crippen LogP contribution >= 0.6 is 0 Å². The van der Waals surface area contributed by atoms with Crippen LogP contribution in [-0.2, 0) is 9.53 Å². The summed E-state index contributed by atoms with van der Waals surface area (Å²) >= 11 is 0. The molecule has 1 aliphatic carbocycles. The average molecular weight is 484 g/mol. The van der Waals surface area contributed by atoms with Crippen LogP contribution < -0.4 is 15.6 Å². The van der Waals surface area contributed by atoms with Gasteiger partial charge in [0, 0.05) is 37.4 Å². The van der Waals surface area contributed by atoms with Crippen LogP contribution in [0.4, 0.5) is 5.82 Å². The topological polar surface area (TPSA) is 124 Å². The quantitative estimate of drug-likeness (QED) is 0.513. The van der Waals surface area contributed by atoms with E-state index in [4.69, 9.17) is 9.72 Å². The fourth-order valence-corrected chi connectivity index (χ4v) is 5.04. The Bertz CT molecular complexity index is 1110. The molecule has 11 nitrogen and oxygen atoms in total. The summed E-state index contributed by atoms with van der Waals surface area (Å²) in [6, 6.07) is 1.59. The van der Waals surface area contributed by atoms with Gasteiger partial charge < -0.3 is 29.9 Å². The number of ether oxygens (including phenoxy) is 1. The van der Waals surface area contributed by atoms with Gasteiger partial charge in [-0.05, 0) is 45.6 Å². The molecular weight excluding hydrogens is 450 g/mol. The molecule has 0 aromatic carbocycles. The van der Waals surface area contributed by atoms with Gasteiger partial charge in [-0.3, -0.25) is 4.79 Å². The normalized spacial score (nSPS) is 25.6. The molecule has 2 aromatic rings. The first-order chi connectivity index (χ1) is 16.8. The average Bonchev–Trinajstić information content (AvgIpc) is 3.49. The SMILES string of the molecule is CC(C)(O)C1NN(C2CCC(C=O)CC2)C=C1NC(=O)c1cnn2ccc(N3CCOCC3)nc12. The second-order valence-electron chi connectivity index (χ2n) is 10.1. The number of hydrogen-bond acceptors (Lipinski definition) is 9. The maximum atomic E-state index is 13.4. The van der Waals surface area contributed by atoms with Crippen LogP contribution in [-0.4, -0.2) is 80.9 Å². The van der Waals surface area contributed by atoms with Gasteiger partial charge in [-0.2, -0.15) is 5.10 Å². The molecular formula is C24H33N7O4. The number of morpholine rings is 1. The van der Waals surface area contributed by atoms with Crippen molar-refractivity contribution in [2.45, 2.75) is 57.2 Å². The molecule has 3 N–H and O–H groups in total. The summed E-state index contributed by atoms with van der Waals surface area (Å²) in [5, 5.41) is 20.1. The molecule has 1 atom stereocenters. The molecule has 11 heteroatoms. The molecule has 5 rings (SSSR count). The van der Waals surface area contributed by atoms with E-state index in [1.54, 1.807) is 24.6 Å². The number of carbonyl (C=O) groups is 2. The van der Waals surface area contributed by atoms with E-state index in [0.717, 1.165) is 50.9 Å². The molecule has 1 amide bonds. The summed E-state index contributed by atoms with van der Waals surface area (Å²) in [5.41, 5.74) is 3.66. The molecule has 1 saturated carbocycles. The largest absolute Gasteiger partial charge is 0.388 e. The van der Waals surface area contributed by atoms with Gasteiger partial charge in [-0.25, -0.2) is 14.9 Å². The van der Waals surface area contributed by atoms with Crippen molar-refractivity contribution in [3.8, 4) is 0 Å². The van der Waals surface area contributed by atoms with Crippen LogP contribution in [0.15, 0.2) is 30.4 Å². The second kappa shape index (κ2) is 9.56. The Hall–Kier alpha value is -3.02. The Kier molecular flexibility index (Phi) is 6.47. The fourth-order valence-electron chi connectivity index (χ4n) is 5.04. The molecule has 0 radical (unpaired) electrons. The number of carbonyl (C=O) groups excluding carboxylic acids is 2. The standard InChI is InChI=1S/C24H33N7O4/c1-24(2,34)21-19(14-31(28-21)17-5-3-16(15-32)4-6-17)26-23(33)18-13-25-30-8-7-20(27-22(18)30)29-9-11-35-12-10-29/h7-8,13-17,21,28,34H,3-6,9-12H2,1-2H3,(H,26,33). The van der Waals surface area contributed by atoms with Crippen LogP contribution in [0.1, 0.15) is 49.9 Å². The number of hydrazine groups is 1. The number of nitrogens with zero attached hydrogens (tertiary/aromatic N) is 5. The zero-order valence-corrected chi connectivity index (χ0v) is 20.2. The Morgan fingerprint density at radius 2 is 2.00 bits per heavy atom. The third-order valence-corrected chi connectivity index (χ3v) is 7.09. The van der Waals surface area contributed by atoms with Crippen molar-refractivity contribution >= 4 is 23.7 Å². The number of anilines is 1. The van der Waals surface area contributed by atoms with Gasteiger partial charge in [0.2, 0.25) is 0 Å². The van der Waals surface area contributed by atoms with E-state index in [-0.39, 0.29) is 17.9 Å². The number of fused-ring (bicyclic) bond motifs is 1. The van der Waals surface area contributed by atoms with Crippen LogP contribution in [0.5, 0.6) is 0 Å². The molecule has 0 spiro atoms. The van der Waals surface area contributed by atoms with Crippen molar-refractivity contribution in [2.24, 2.45) is 5.92 Å². The molecule has 2 aliphatic heterocycles. The molecule has 3 aliphatic rings. The lowest BCUT2D eigenvalue weighted by molar-refractivity contribution is -0.112. The molecule has 1 unspecified atom stereocenters. The number of aromatic nitrogens is 3. The van der Waals surface area contributed by atoms with Gasteiger partial charge in [-0.1, -0.05) is 0 Å². The maximum Gasteiger partial charge on any atom is 0.260 e. The first-order valence-electron chi connectivity index (χ1n) is 12.3. The fraction of sp³-hybridized carbons (Fsp3) is 0.583. The summed E-state index contributed by atoms with van der Waals surface area (Å²) in [7, 11) is 0. The lowest BCUT2D eigenvalue weighted by Gasteiger charge is -2.35. The highest BCUT2D eigenvalue weighted by Crippen LogP contribution is 2.30. The minimum atomic E-state index is -1.11. The first-order valence-corrected chi connectivity index (χ1v) is 12.3. The van der Waals surface area contributed by atoms with E-state index < -0.39 is 11.6 Å². The third kappa shape index (κ3) is 4.89. The van der Waals surface area contributed by atoms with Crippen LogP contribution in [0.3, 0.4) is 0 Å². The minimum absolute atomic E-state index is 0.118. The van der Waals surface area contributed by atoms with E-state index in [1.807, 2.05) is 17.3 Å². The molecule has 2 fully saturated rings. The summed E-state index contributed by atoms with van der Waals surface area (Å²) in [4.78, 5) is 31.3. The zero-order valence-electron chi connectivity index (χ0n) is 20.2. The van der Waals surface area contributed by atoms with Gasteiger partial charge in [0.1, 0.15) is 17.7 Å². The number of rotatable bonds is 6. The lowest BCUT2D eigenvalue weighted by atomic mass is 9.87. The maximum absolute atomic E-state index is 13.4. The van der Waals surface area contributed by atoms with E-state index in [0.29, 0.717) is 30.1 Å². The van der Waals surface area contributed by atoms with Gasteiger partial charge in [0.25, 0.3) is 5.91 Å². The molecule has 4 heterocycles. The number of hydrogen-bond donors (Lipinski definition) is 3. The summed E-state index contributed by atoms with van der Waals surface area (Å²) in [6.07, 6.45) is 9.65. The zero-order chi connectivity index (χ0) is 24.6. The Morgan fingerprint density at radius 1 is 1.26 bits per heavy atom. The molecule has 1 saturated heterocycles. The van der Waals surface area contributed by atoms with Crippen molar-refractivity contribution in [2.75, 3.05) is 31.2 Å². The molecule has 0 bridgehead atoms. The second-order valence-corrected chi connectivity index (χ2v) is 10.1. The number of amides is 1. The van der Waals surface area contributed by atoms with Gasteiger partial charge in [0.05, 0.1) is 36.8 Å². The summed E-state index contributed by atoms with van der Waals surface area (Å²) < 4.78 is 7.02. The summed E-state index contributed by atoms with van der Waals surface area (Å²) in [5.74, 6) is 0.566. The van der Waals surface area contributed by atoms with Crippen molar-refractivity contribution < 1.29 is 19.4 Å². The number of aldehydes is 1. The minimum Gasteiger partial charge on any atom is -0.388 e. The van der Waals surface area contributed by atoms with Crippen LogP contribution in [0, 0.1) is 5.92 Å². The molecule has 188 valence electrons. The van der Waals surface area contributed by atoms with E-state index >= 15 is 0 Å². The van der Waals surface area contributed by atoms with Crippen molar-refractivity contribution in [3.05, 3.63) is 35.9 Å². The monoisotopic (exact) mass is 483 g/mol. The van der Waals surface area contributed by atoms with E-state index in [2.05, 4.69) is 20.7 Å². The van der Waals surface area contributed by atoms with Crippen molar-refractivity contribution in [1.29, 1.82) is 0 Å². The van der Waals surface area contributed by atoms with E-state index in [9.17, 15) is 14.7 Å². The lowest BCUT2D eigenvalue weighted by Crippen LogP contribution is -2.53. The highest BCUT2D eigenvalue weighted by atomic mass is 16.5. The highest BCUT2D eigenvalue weighted by molar-refractivity contribution is 6.00. The molecule has 2 aromatic heterocycles. The first kappa shape index (κ1) is 23.7. The van der Waals surface area contributed by atoms with Gasteiger partial charge in [-0.15, -0.1) is 0 Å². The molecule has 35 heavy (non-hydrogen) atoms. The highest BCUT2D eigenvalue weighted by Gasteiger charge is 2.39. The van der Waals surface area contributed by atoms with Crippen molar-refractivity contribution in [1.82, 2.24) is 30.3 Å². The smallest absolute Gasteiger partial charge is 0.260 e. The Morgan fingerprint density at radius 3 is 2.69 bits per heavy atom. The Labute approximate surface area is 204 Å². The number of aliphatic hydroxyl groups is 1. The van der Waals surface area contributed by atoms with Gasteiger partial charge >= 0.3 is 0 Å². The number of nitrogens with one attached hydrogen (secondary N) is 2. The van der Waals surface area contributed by atoms with E-state index in [1.165, 1.54) is 6.20 Å². The van der Waals surface area contributed by atoms with Crippen molar-refractivity contribution in [3.63, 3.8) is 0 Å². The Balaban J connectivity index is 1.36. The predicted octanol–water partition coefficient (Wildman–Crippen LogP) is 0.855. The third-order valence-electron chi connectivity index (χ3n) is 7.09. The van der Waals surface area contributed by atoms with Gasteiger partial charge in [0.15, 0.2) is 5.65 Å². The van der Waals surface area contributed by atoms with Crippen LogP contribution in [0.25, 0.3) is 5.65 Å².